The molecule has 0 aromatic heterocycles. The van der Waals surface area contributed by atoms with Crippen molar-refractivity contribution >= 4 is 7.40 Å². The normalized spacial score (nSPS) is 9.93. The zero-order chi connectivity index (χ0) is 11.3. The van der Waals surface area contributed by atoms with Gasteiger partial charge >= 0.3 is 164 Å². The van der Waals surface area contributed by atoms with E-state index >= 15 is 0 Å². The molecule has 0 saturated carbocycles. The number of halogens is 1. The zero-order valence-corrected chi connectivity index (χ0v) is 16.3. The van der Waals surface area contributed by atoms with Gasteiger partial charge in [0.05, 0.1) is 0 Å². The van der Waals surface area contributed by atoms with Crippen LogP contribution in [0.3, 0.4) is 0 Å². The van der Waals surface area contributed by atoms with Crippen molar-refractivity contribution in [2.75, 3.05) is 0 Å². The molecule has 80 valence electrons. The van der Waals surface area contributed by atoms with Crippen LogP contribution in [0, 0.1) is 0 Å². The van der Waals surface area contributed by atoms with Crippen LogP contribution >= 0.6 is 0 Å². The third-order valence-corrected chi connectivity index (χ3v) is 2.83. The Hall–Kier alpha value is 3.33. The first-order chi connectivity index (χ1) is 5.44. The molecule has 0 saturated heterocycles. The van der Waals surface area contributed by atoms with Gasteiger partial charge in [-0.2, -0.15) is 0 Å². The van der Waals surface area contributed by atoms with Gasteiger partial charge in [0, 0.05) is 0 Å². The molecule has 0 unspecified atom stereocenters. The van der Waals surface area contributed by atoms with Gasteiger partial charge in [0.15, 0.2) is 0 Å². The van der Waals surface area contributed by atoms with Crippen LogP contribution in [0.15, 0.2) is 0 Å². The van der Waals surface area contributed by atoms with E-state index in [9.17, 15) is 27.8 Å². The van der Waals surface area contributed by atoms with Crippen molar-refractivity contribution in [2.45, 2.75) is 0 Å². The molecule has 9 nitrogen and oxygen atoms in total. The Morgan fingerprint density at radius 1 is 1.00 bits per heavy atom. The third kappa shape index (κ3) is 46.8. The summed E-state index contributed by atoms with van der Waals surface area (Å²) in [5, 5.41) is 13.9. The molecule has 0 aliphatic heterocycles. The molecular weight excluding hydrogens is 356 g/mol. The van der Waals surface area contributed by atoms with Crippen LogP contribution in [-0.2, 0) is 45.3 Å². The molecule has 0 amide bonds. The molecule has 0 aliphatic rings. The summed E-state index contributed by atoms with van der Waals surface area (Å²) < 4.78 is 69.0. The van der Waals surface area contributed by atoms with E-state index in [4.69, 9.17) is 10.0 Å². The Labute approximate surface area is 174 Å². The molecule has 0 aromatic rings. The van der Waals surface area contributed by atoms with Gasteiger partial charge < -0.3 is 10.0 Å². The maximum absolute atomic E-state index is 10.1. The summed E-state index contributed by atoms with van der Waals surface area (Å²) in [6.07, 6.45) is 0. The number of rotatable bonds is 2. The molecule has 15 heteroatoms. The standard InChI is InChI=1S/BFH2O2.2Cr.2K.7O/c2-1(3)4;;;;;;;;;;;/h3-4H;;;;;;;;;;;/q;;;2*+1;;;;;;2*-1. The maximum atomic E-state index is 10.1. The van der Waals surface area contributed by atoms with Crippen molar-refractivity contribution in [3.63, 3.8) is 0 Å². The second-order valence-corrected chi connectivity index (χ2v) is 4.83. The molecule has 15 heavy (non-hydrogen) atoms. The van der Waals surface area contributed by atoms with Crippen LogP contribution < -0.4 is 111 Å². The van der Waals surface area contributed by atoms with Crippen molar-refractivity contribution in [2.24, 2.45) is 0 Å². The van der Waals surface area contributed by atoms with Crippen molar-refractivity contribution in [3.05, 3.63) is 0 Å². The van der Waals surface area contributed by atoms with Gasteiger partial charge in [0.25, 0.3) is 0 Å². The SMILES string of the molecule is OB(O)F.[K+].[K+].[O]=[Cr](=[O])([O-])[O][Cr](=[O])(=[O])[O-]. The van der Waals surface area contributed by atoms with Crippen LogP contribution in [0.2, 0.25) is 0 Å². The molecule has 0 aliphatic carbocycles. The van der Waals surface area contributed by atoms with E-state index in [1.54, 1.807) is 0 Å². The summed E-state index contributed by atoms with van der Waals surface area (Å²) in [6, 6.07) is 0. The Morgan fingerprint density at radius 2 is 1.13 bits per heavy atom. The van der Waals surface area contributed by atoms with Crippen LogP contribution in [0.25, 0.3) is 0 Å². The van der Waals surface area contributed by atoms with E-state index in [0.717, 1.165) is 0 Å². The molecule has 0 radical (unpaired) electrons. The quantitative estimate of drug-likeness (QED) is 0.456. The summed E-state index contributed by atoms with van der Waals surface area (Å²) in [5.74, 6) is 0. The molecular formula is H2BCr2FK2O9. The fraction of sp³-hybridized carbons (Fsp3) is 0. The second-order valence-electron chi connectivity index (χ2n) is 1.20. The molecule has 0 spiro atoms. The predicted molar refractivity (Wildman–Crippen MR) is 15.1 cm³/mol. The third-order valence-electron chi connectivity index (χ3n) is 0.167. The Kier molecular flexibility index (Phi) is 22.1. The van der Waals surface area contributed by atoms with Crippen molar-refractivity contribution in [3.8, 4) is 0 Å². The average molecular weight is 358 g/mol. The topological polar surface area (TPSA) is 164 Å². The molecule has 0 aromatic carbocycles. The van der Waals surface area contributed by atoms with Gasteiger partial charge in [-0.3, -0.25) is 4.32 Å². The fourth-order valence-corrected chi connectivity index (χ4v) is 1.74. The Morgan fingerprint density at radius 3 is 1.13 bits per heavy atom. The monoisotopic (exact) mass is 358 g/mol. The minimum atomic E-state index is -6.07. The molecule has 0 fully saturated rings. The molecule has 0 rings (SSSR count). The molecule has 0 atom stereocenters. The predicted octanol–water partition coefficient (Wildman–Crippen LogP) is -9.99. The summed E-state index contributed by atoms with van der Waals surface area (Å²) in [7, 11) is -2.67. The first-order valence-corrected chi connectivity index (χ1v) is 6.23. The minimum absolute atomic E-state index is 0. The fourth-order valence-electron chi connectivity index (χ4n) is 0.102. The van der Waals surface area contributed by atoms with E-state index in [2.05, 4.69) is 2.84 Å². The van der Waals surface area contributed by atoms with E-state index < -0.39 is 34.6 Å². The first kappa shape index (κ1) is 26.8. The van der Waals surface area contributed by atoms with Gasteiger partial charge in [-0.15, -0.1) is 0 Å². The van der Waals surface area contributed by atoms with Gasteiger partial charge in [0.1, 0.15) is 0 Å². The van der Waals surface area contributed by atoms with E-state index in [1.165, 1.54) is 0 Å². The van der Waals surface area contributed by atoms with Crippen molar-refractivity contribution in [1.82, 2.24) is 0 Å². The summed E-state index contributed by atoms with van der Waals surface area (Å²) >= 11 is -12.1. The van der Waals surface area contributed by atoms with E-state index in [0.29, 0.717) is 0 Å². The van der Waals surface area contributed by atoms with Crippen LogP contribution in [-0.4, -0.2) is 17.4 Å². The molecule has 0 heterocycles. The first-order valence-electron chi connectivity index (χ1n) is 2.07. The zero-order valence-electron chi connectivity index (χ0n) is 7.52. The summed E-state index contributed by atoms with van der Waals surface area (Å²) in [4.78, 5) is 0. The van der Waals surface area contributed by atoms with Gasteiger partial charge in [-0.05, 0) is 0 Å². The molecule has 2 N–H and O–H groups in total. The Bertz CT molecular complexity index is 285. The van der Waals surface area contributed by atoms with E-state index in [1.807, 2.05) is 0 Å². The van der Waals surface area contributed by atoms with Crippen molar-refractivity contribution < 1.29 is 171 Å². The van der Waals surface area contributed by atoms with Crippen LogP contribution in [0.4, 0.5) is 4.32 Å². The van der Waals surface area contributed by atoms with E-state index in [-0.39, 0.29) is 103 Å². The van der Waals surface area contributed by atoms with Crippen molar-refractivity contribution in [1.29, 1.82) is 0 Å². The summed E-state index contributed by atoms with van der Waals surface area (Å²) in [6.45, 7) is 0. The second kappa shape index (κ2) is 12.4. The van der Waals surface area contributed by atoms with Crippen LogP contribution in [0.5, 0.6) is 0 Å². The molecule has 0 bridgehead atoms. The average Bonchev–Trinajstić information content (AvgIpc) is 1.47. The number of hydrogen-bond donors (Lipinski definition) is 2. The van der Waals surface area contributed by atoms with Gasteiger partial charge in [-0.1, -0.05) is 0 Å². The summed E-state index contributed by atoms with van der Waals surface area (Å²) in [5.41, 5.74) is 0. The van der Waals surface area contributed by atoms with Gasteiger partial charge in [0.2, 0.25) is 0 Å². The number of hydrogen-bond acceptors (Lipinski definition) is 9. The Balaban J connectivity index is -0.0000000883. The van der Waals surface area contributed by atoms with Crippen LogP contribution in [0.1, 0.15) is 0 Å². The van der Waals surface area contributed by atoms with Gasteiger partial charge in [-0.25, -0.2) is 0 Å².